The van der Waals surface area contributed by atoms with E-state index in [4.69, 9.17) is 18.9 Å². The molecule has 1 saturated heterocycles. The minimum Gasteiger partial charge on any atom is -0.462 e. The smallest absolute Gasteiger partial charge is 0.312 e. The van der Waals surface area contributed by atoms with Gasteiger partial charge >= 0.3 is 11.9 Å². The Morgan fingerprint density at radius 3 is 2.27 bits per heavy atom. The van der Waals surface area contributed by atoms with Gasteiger partial charge < -0.3 is 18.9 Å². The van der Waals surface area contributed by atoms with E-state index in [-0.39, 0.29) is 65.9 Å². The monoisotopic (exact) mass is 626 g/mol. The third-order valence-electron chi connectivity index (χ3n) is 13.6. The maximum atomic E-state index is 13.8. The second-order valence-corrected chi connectivity index (χ2v) is 17.3. The first-order valence-electron chi connectivity index (χ1n) is 18.1. The highest BCUT2D eigenvalue weighted by Gasteiger charge is 2.62. The van der Waals surface area contributed by atoms with Gasteiger partial charge in [-0.2, -0.15) is 0 Å². The topological polar surface area (TPSA) is 105 Å². The van der Waals surface area contributed by atoms with E-state index in [1.54, 1.807) is 0 Å². The quantitative estimate of drug-likeness (QED) is 0.314. The molecule has 8 heteroatoms. The van der Waals surface area contributed by atoms with Gasteiger partial charge in [0.25, 0.3) is 0 Å². The number of hydrogen-bond donors (Lipinski definition) is 0. The molecular weight excluding hydrogens is 572 g/mol. The molecule has 8 nitrogen and oxygen atoms in total. The molecule has 6 bridgehead atoms. The van der Waals surface area contributed by atoms with E-state index in [1.165, 1.54) is 6.42 Å². The number of fused-ring (bicyclic) bond motifs is 7. The average molecular weight is 627 g/mol. The molecule has 1 heterocycles. The minimum atomic E-state index is -0.785. The van der Waals surface area contributed by atoms with Crippen molar-refractivity contribution in [3.63, 3.8) is 0 Å². The zero-order valence-electron chi connectivity index (χ0n) is 27.9. The van der Waals surface area contributed by atoms with Crippen molar-refractivity contribution in [1.82, 2.24) is 0 Å². The lowest BCUT2D eigenvalue weighted by molar-refractivity contribution is -0.281. The highest BCUT2D eigenvalue weighted by molar-refractivity contribution is 5.88. The van der Waals surface area contributed by atoms with Gasteiger partial charge in [0.2, 0.25) is 0 Å². The molecular formula is C37H54O8. The summed E-state index contributed by atoms with van der Waals surface area (Å²) in [7, 11) is 0. The maximum absolute atomic E-state index is 13.8. The number of ether oxygens (including phenoxy) is 4. The molecule has 0 aromatic carbocycles. The third-order valence-corrected chi connectivity index (χ3v) is 13.6. The molecule has 6 saturated carbocycles. The Morgan fingerprint density at radius 2 is 1.51 bits per heavy atom. The van der Waals surface area contributed by atoms with E-state index in [2.05, 4.69) is 13.8 Å². The van der Waals surface area contributed by atoms with Crippen LogP contribution in [0.2, 0.25) is 0 Å². The summed E-state index contributed by atoms with van der Waals surface area (Å²) in [6.07, 6.45) is 11.7. The molecule has 250 valence electrons. The molecule has 0 N–H and O–H groups in total. The number of carbonyl (C=O) groups excluding carboxylic acids is 4. The summed E-state index contributed by atoms with van der Waals surface area (Å²) in [5.41, 5.74) is -1.01. The van der Waals surface area contributed by atoms with E-state index in [9.17, 15) is 19.2 Å². The van der Waals surface area contributed by atoms with Crippen LogP contribution in [0, 0.1) is 51.8 Å². The summed E-state index contributed by atoms with van der Waals surface area (Å²) in [4.78, 5) is 52.7. The highest BCUT2D eigenvalue weighted by atomic mass is 16.8. The molecule has 7 aliphatic rings. The molecule has 12 unspecified atom stereocenters. The fraction of sp³-hybridized carbons (Fsp3) is 0.892. The van der Waals surface area contributed by atoms with Gasteiger partial charge in [-0.1, -0.05) is 33.6 Å². The van der Waals surface area contributed by atoms with Gasteiger partial charge in [-0.15, -0.1) is 0 Å². The molecule has 0 aromatic rings. The normalized spacial score (nSPS) is 49.1. The predicted molar refractivity (Wildman–Crippen MR) is 165 cm³/mol. The van der Waals surface area contributed by atoms with Crippen molar-refractivity contribution in [2.75, 3.05) is 13.2 Å². The van der Waals surface area contributed by atoms with Gasteiger partial charge in [-0.3, -0.25) is 19.2 Å². The maximum Gasteiger partial charge on any atom is 0.312 e. The lowest BCUT2D eigenvalue weighted by Crippen LogP contribution is -2.55. The van der Waals surface area contributed by atoms with Crippen LogP contribution >= 0.6 is 0 Å². The summed E-state index contributed by atoms with van der Waals surface area (Å²) < 4.78 is 26.0. The summed E-state index contributed by atoms with van der Waals surface area (Å²) >= 11 is 0. The molecule has 0 amide bonds. The Labute approximate surface area is 268 Å². The van der Waals surface area contributed by atoms with E-state index < -0.39 is 28.8 Å². The summed E-state index contributed by atoms with van der Waals surface area (Å²) in [5, 5.41) is 0. The van der Waals surface area contributed by atoms with Crippen molar-refractivity contribution in [2.45, 2.75) is 142 Å². The highest BCUT2D eigenvalue weighted by Crippen LogP contribution is 2.59. The number of esters is 2. The Balaban J connectivity index is 1.07. The van der Waals surface area contributed by atoms with Gasteiger partial charge in [0, 0.05) is 36.0 Å². The van der Waals surface area contributed by atoms with Gasteiger partial charge in [-0.05, 0) is 95.3 Å². The van der Waals surface area contributed by atoms with Gasteiger partial charge in [0.05, 0.1) is 10.8 Å². The first-order valence-corrected chi connectivity index (χ1v) is 18.1. The number of hydrogen-bond acceptors (Lipinski definition) is 8. The first kappa shape index (κ1) is 31.8. The second kappa shape index (κ2) is 11.4. The van der Waals surface area contributed by atoms with Crippen molar-refractivity contribution in [3.8, 4) is 0 Å². The predicted octanol–water partition coefficient (Wildman–Crippen LogP) is 6.36. The zero-order valence-corrected chi connectivity index (χ0v) is 27.9. The Morgan fingerprint density at radius 1 is 0.800 bits per heavy atom. The van der Waals surface area contributed by atoms with Crippen molar-refractivity contribution < 1.29 is 38.1 Å². The number of Topliss-reactive ketones (excluding diaryl/α,β-unsaturated/α-hetero) is 2. The van der Waals surface area contributed by atoms with E-state index in [1.807, 2.05) is 13.8 Å². The van der Waals surface area contributed by atoms with Crippen molar-refractivity contribution in [2.24, 2.45) is 51.8 Å². The molecule has 6 aliphatic carbocycles. The van der Waals surface area contributed by atoms with E-state index >= 15 is 0 Å². The molecule has 0 aromatic heterocycles. The van der Waals surface area contributed by atoms with Crippen LogP contribution < -0.4 is 0 Å². The lowest BCUT2D eigenvalue weighted by atomic mass is 9.57. The first-order chi connectivity index (χ1) is 21.3. The van der Waals surface area contributed by atoms with Crippen molar-refractivity contribution in [1.29, 1.82) is 0 Å². The average Bonchev–Trinajstić information content (AvgIpc) is 3.38. The molecule has 12 atom stereocenters. The van der Waals surface area contributed by atoms with E-state index in [0.29, 0.717) is 37.4 Å². The lowest BCUT2D eigenvalue weighted by Gasteiger charge is -2.54. The number of ketones is 2. The number of carbonyl (C=O) groups is 4. The van der Waals surface area contributed by atoms with Crippen LogP contribution in [0.15, 0.2) is 0 Å². The van der Waals surface area contributed by atoms with Crippen LogP contribution in [0.5, 0.6) is 0 Å². The van der Waals surface area contributed by atoms with Gasteiger partial charge in [-0.25, -0.2) is 0 Å². The molecule has 7 fully saturated rings. The van der Waals surface area contributed by atoms with Gasteiger partial charge in [0.1, 0.15) is 37.0 Å². The van der Waals surface area contributed by atoms with Crippen LogP contribution in [0.3, 0.4) is 0 Å². The van der Waals surface area contributed by atoms with Crippen LogP contribution in [0.1, 0.15) is 124 Å². The van der Waals surface area contributed by atoms with Crippen LogP contribution in [-0.2, 0) is 38.1 Å². The zero-order chi connectivity index (χ0) is 31.8. The van der Waals surface area contributed by atoms with E-state index in [0.717, 1.165) is 64.2 Å². The summed E-state index contributed by atoms with van der Waals surface area (Å²) in [6, 6.07) is 0. The fourth-order valence-electron chi connectivity index (χ4n) is 11.6. The number of rotatable bonds is 6. The van der Waals surface area contributed by atoms with Crippen molar-refractivity contribution >= 4 is 23.5 Å². The summed E-state index contributed by atoms with van der Waals surface area (Å²) in [5.74, 6) is -0.125. The largest absolute Gasteiger partial charge is 0.462 e. The Bertz CT molecular complexity index is 1220. The molecule has 1 aliphatic heterocycles. The Kier molecular flexibility index (Phi) is 8.07. The second-order valence-electron chi connectivity index (χ2n) is 17.3. The molecule has 7 rings (SSSR count). The standard InChI is InChI=1S/C37H54O8/c1-22-14-36(12-5-7-25(18-36)31(22)39)33(41)43-21-30-29(44-37(45-30)23(2)15-34(3)11-6-8-27(37)19-34)20-42-32(40)35(4)16-24-9-10-28(38)26(13-24)17-35/h22-27,29-30H,5-21H2,1-4H3. The molecule has 1 spiro atoms. The van der Waals surface area contributed by atoms with Gasteiger partial charge in [0.15, 0.2) is 5.79 Å². The Hall–Kier alpha value is -1.80. The summed E-state index contributed by atoms with van der Waals surface area (Å²) in [6.45, 7) is 8.59. The molecule has 0 radical (unpaired) electrons. The van der Waals surface area contributed by atoms with Crippen LogP contribution in [0.25, 0.3) is 0 Å². The SMILES string of the molecule is CC1CC2(C(=O)OCC3OC4(OC3COC(=O)C3(C)CC5CCC(=O)C(C5)C3)C(C)CC3(C)CCCC4C3)CCCC(C2)C1=O. The fourth-order valence-corrected chi connectivity index (χ4v) is 11.6. The van der Waals surface area contributed by atoms with Crippen LogP contribution in [-0.4, -0.2) is 54.7 Å². The third kappa shape index (κ3) is 5.52. The van der Waals surface area contributed by atoms with Crippen molar-refractivity contribution in [3.05, 3.63) is 0 Å². The molecule has 45 heavy (non-hydrogen) atoms. The van der Waals surface area contributed by atoms with Crippen LogP contribution in [0.4, 0.5) is 0 Å². The minimum absolute atomic E-state index is 0.0388.